The number of aromatic nitrogens is 4. The number of carbonyl (C=O) groups excluding carboxylic acids is 1. The summed E-state index contributed by atoms with van der Waals surface area (Å²) in [6.07, 6.45) is 9.31. The number of aliphatic hydroxyl groups is 1. The summed E-state index contributed by atoms with van der Waals surface area (Å²) in [4.78, 5) is 16.7. The maximum absolute atomic E-state index is 12.7. The van der Waals surface area contributed by atoms with Crippen LogP contribution in [0.5, 0.6) is 0 Å². The van der Waals surface area contributed by atoms with Gasteiger partial charge in [-0.15, -0.1) is 0 Å². The number of hydrogen-bond acceptors (Lipinski definition) is 4. The highest BCUT2D eigenvalue weighted by Gasteiger charge is 2.34. The van der Waals surface area contributed by atoms with Crippen LogP contribution in [0.1, 0.15) is 23.2 Å². The van der Waals surface area contributed by atoms with E-state index in [1.54, 1.807) is 35.7 Å². The molecule has 1 aliphatic carbocycles. The lowest BCUT2D eigenvalue weighted by molar-refractivity contribution is 0.0872. The molecule has 0 bridgehead atoms. The molecule has 1 amide bonds. The van der Waals surface area contributed by atoms with Gasteiger partial charge in [-0.2, -0.15) is 5.10 Å². The van der Waals surface area contributed by atoms with Crippen LogP contribution in [-0.2, 0) is 6.54 Å². The van der Waals surface area contributed by atoms with Crippen molar-refractivity contribution in [3.8, 4) is 5.69 Å². The SMILES string of the molecule is O=C(N[C@@H]1CC(Cn2cc(Cl)cn2)C[C@H]1O)c1cccc(-n2ccnc2)c1. The highest BCUT2D eigenvalue weighted by atomic mass is 35.5. The molecule has 8 heteroatoms. The van der Waals surface area contributed by atoms with E-state index in [1.807, 2.05) is 29.0 Å². The van der Waals surface area contributed by atoms with Crippen LogP contribution in [0.4, 0.5) is 0 Å². The third kappa shape index (κ3) is 4.04. The summed E-state index contributed by atoms with van der Waals surface area (Å²) in [6.45, 7) is 0.673. The first kappa shape index (κ1) is 17.8. The fraction of sp³-hybridized carbons (Fsp3) is 0.316. The van der Waals surface area contributed by atoms with Crippen LogP contribution < -0.4 is 5.32 Å². The second-order valence-corrected chi connectivity index (χ2v) is 7.32. The van der Waals surface area contributed by atoms with E-state index in [2.05, 4.69) is 15.4 Å². The third-order valence-electron chi connectivity index (χ3n) is 4.90. The van der Waals surface area contributed by atoms with Gasteiger partial charge in [0.1, 0.15) is 0 Å². The summed E-state index contributed by atoms with van der Waals surface area (Å²) >= 11 is 5.89. The predicted octanol–water partition coefficient (Wildman–Crippen LogP) is 2.29. The minimum absolute atomic E-state index is 0.191. The van der Waals surface area contributed by atoms with Crippen LogP contribution in [0, 0.1) is 5.92 Å². The maximum atomic E-state index is 12.7. The molecule has 27 heavy (non-hydrogen) atoms. The molecule has 2 N–H and O–H groups in total. The minimum atomic E-state index is -0.568. The number of nitrogens with zero attached hydrogens (tertiary/aromatic N) is 4. The third-order valence-corrected chi connectivity index (χ3v) is 5.10. The molecular weight excluding hydrogens is 366 g/mol. The van der Waals surface area contributed by atoms with Gasteiger partial charge in [0, 0.05) is 36.4 Å². The first-order valence-corrected chi connectivity index (χ1v) is 9.21. The molecule has 0 spiro atoms. The van der Waals surface area contributed by atoms with Crippen molar-refractivity contribution < 1.29 is 9.90 Å². The van der Waals surface area contributed by atoms with Crippen LogP contribution in [0.25, 0.3) is 5.69 Å². The lowest BCUT2D eigenvalue weighted by Gasteiger charge is -2.17. The van der Waals surface area contributed by atoms with Crippen LogP contribution in [-0.4, -0.2) is 42.5 Å². The molecule has 140 valence electrons. The number of hydrogen-bond donors (Lipinski definition) is 2. The predicted molar refractivity (Wildman–Crippen MR) is 101 cm³/mol. The Morgan fingerprint density at radius 3 is 3.00 bits per heavy atom. The van der Waals surface area contributed by atoms with Gasteiger partial charge in [0.2, 0.25) is 0 Å². The second kappa shape index (κ2) is 7.54. The first-order valence-electron chi connectivity index (χ1n) is 8.84. The van der Waals surface area contributed by atoms with Crippen molar-refractivity contribution in [3.05, 3.63) is 66.0 Å². The van der Waals surface area contributed by atoms with Crippen LogP contribution >= 0.6 is 11.6 Å². The first-order chi connectivity index (χ1) is 13.1. The van der Waals surface area contributed by atoms with Gasteiger partial charge in [-0.3, -0.25) is 9.48 Å². The van der Waals surface area contributed by atoms with Gasteiger partial charge in [0.25, 0.3) is 5.91 Å². The molecule has 0 radical (unpaired) electrons. The number of amides is 1. The highest BCUT2D eigenvalue weighted by molar-refractivity contribution is 6.30. The number of benzene rings is 1. The summed E-state index contributed by atoms with van der Waals surface area (Å²) in [6, 6.07) is 7.04. The van der Waals surface area contributed by atoms with E-state index in [9.17, 15) is 9.90 Å². The normalized spacial score (nSPS) is 22.1. The molecule has 3 aromatic rings. The van der Waals surface area contributed by atoms with Crippen LogP contribution in [0.3, 0.4) is 0 Å². The number of halogens is 1. The Balaban J connectivity index is 1.40. The molecule has 2 aromatic heterocycles. The van der Waals surface area contributed by atoms with Crippen molar-refractivity contribution in [2.45, 2.75) is 31.5 Å². The molecule has 1 saturated carbocycles. The summed E-state index contributed by atoms with van der Waals surface area (Å²) in [5.74, 6) is 0.0438. The van der Waals surface area contributed by atoms with Gasteiger partial charge >= 0.3 is 0 Å². The fourth-order valence-electron chi connectivity index (χ4n) is 3.60. The van der Waals surface area contributed by atoms with Crippen LogP contribution in [0.15, 0.2) is 55.4 Å². The fourth-order valence-corrected chi connectivity index (χ4v) is 3.75. The molecule has 4 rings (SSSR count). The Morgan fingerprint density at radius 2 is 2.26 bits per heavy atom. The second-order valence-electron chi connectivity index (χ2n) is 6.89. The number of rotatable bonds is 5. The standard InChI is InChI=1S/C19H20ClN5O2/c20-15-9-22-25(11-15)10-13-6-17(18(26)7-13)23-19(27)14-2-1-3-16(8-14)24-5-4-21-12-24/h1-5,8-9,11-13,17-18,26H,6-7,10H2,(H,23,27)/t13?,17-,18-/m1/s1. The van der Waals surface area contributed by atoms with E-state index in [0.29, 0.717) is 30.0 Å². The number of aliphatic hydroxyl groups excluding tert-OH is 1. The van der Waals surface area contributed by atoms with Crippen molar-refractivity contribution in [1.82, 2.24) is 24.6 Å². The van der Waals surface area contributed by atoms with E-state index >= 15 is 0 Å². The molecule has 1 aliphatic rings. The number of imidazole rings is 1. The highest BCUT2D eigenvalue weighted by Crippen LogP contribution is 2.28. The van der Waals surface area contributed by atoms with Crippen molar-refractivity contribution in [1.29, 1.82) is 0 Å². The largest absolute Gasteiger partial charge is 0.391 e. The Bertz CT molecular complexity index is 924. The molecule has 7 nitrogen and oxygen atoms in total. The average molecular weight is 386 g/mol. The molecule has 2 heterocycles. The van der Waals surface area contributed by atoms with Crippen molar-refractivity contribution in [2.75, 3.05) is 0 Å². The van der Waals surface area contributed by atoms with E-state index in [-0.39, 0.29) is 17.9 Å². The lowest BCUT2D eigenvalue weighted by Crippen LogP contribution is -2.39. The van der Waals surface area contributed by atoms with Gasteiger partial charge in [-0.1, -0.05) is 17.7 Å². The Hall–Kier alpha value is -2.64. The molecule has 1 unspecified atom stereocenters. The number of nitrogens with one attached hydrogen (secondary N) is 1. The Morgan fingerprint density at radius 1 is 1.37 bits per heavy atom. The summed E-state index contributed by atoms with van der Waals surface area (Å²) in [5, 5.41) is 18.1. The molecule has 0 aliphatic heterocycles. The van der Waals surface area contributed by atoms with Gasteiger partial charge in [-0.05, 0) is 37.0 Å². The average Bonchev–Trinajstić information content (AvgIpc) is 3.39. The lowest BCUT2D eigenvalue weighted by atomic mass is 10.1. The molecule has 1 fully saturated rings. The molecule has 3 atom stereocenters. The smallest absolute Gasteiger partial charge is 0.251 e. The quantitative estimate of drug-likeness (QED) is 0.705. The van der Waals surface area contributed by atoms with E-state index < -0.39 is 6.10 Å². The number of carbonyl (C=O) groups is 1. The summed E-state index contributed by atoms with van der Waals surface area (Å²) < 4.78 is 3.62. The molecular formula is C19H20ClN5O2. The van der Waals surface area contributed by atoms with E-state index in [0.717, 1.165) is 5.69 Å². The van der Waals surface area contributed by atoms with Gasteiger partial charge in [-0.25, -0.2) is 4.98 Å². The van der Waals surface area contributed by atoms with E-state index in [1.165, 1.54) is 0 Å². The zero-order chi connectivity index (χ0) is 18.8. The van der Waals surface area contributed by atoms with Crippen molar-refractivity contribution in [2.24, 2.45) is 5.92 Å². The van der Waals surface area contributed by atoms with Crippen molar-refractivity contribution >= 4 is 17.5 Å². The summed E-state index contributed by atoms with van der Waals surface area (Å²) in [7, 11) is 0. The maximum Gasteiger partial charge on any atom is 0.251 e. The topological polar surface area (TPSA) is 85.0 Å². The summed E-state index contributed by atoms with van der Waals surface area (Å²) in [5.41, 5.74) is 1.41. The zero-order valence-electron chi connectivity index (χ0n) is 14.6. The van der Waals surface area contributed by atoms with Gasteiger partial charge in [0.15, 0.2) is 0 Å². The van der Waals surface area contributed by atoms with E-state index in [4.69, 9.17) is 11.6 Å². The Labute approximate surface area is 161 Å². The Kier molecular flexibility index (Phi) is 4.96. The van der Waals surface area contributed by atoms with Gasteiger partial charge in [0.05, 0.1) is 29.7 Å². The molecule has 1 aromatic carbocycles. The van der Waals surface area contributed by atoms with Crippen LogP contribution in [0.2, 0.25) is 5.02 Å². The zero-order valence-corrected chi connectivity index (χ0v) is 15.3. The minimum Gasteiger partial charge on any atom is -0.391 e. The monoisotopic (exact) mass is 385 g/mol. The van der Waals surface area contributed by atoms with Gasteiger partial charge < -0.3 is 15.0 Å². The van der Waals surface area contributed by atoms with Crippen molar-refractivity contribution in [3.63, 3.8) is 0 Å². The molecule has 0 saturated heterocycles.